The van der Waals surface area contributed by atoms with E-state index >= 15 is 0 Å². The highest BCUT2D eigenvalue weighted by Gasteiger charge is 2.38. The number of primary amides is 1. The zero-order valence-electron chi connectivity index (χ0n) is 11.3. The molecule has 1 aliphatic heterocycles. The van der Waals surface area contributed by atoms with E-state index in [1.165, 1.54) is 6.07 Å². The number of nitrogens with one attached hydrogen (secondary N) is 1. The van der Waals surface area contributed by atoms with Crippen molar-refractivity contribution in [3.05, 3.63) is 31.9 Å². The van der Waals surface area contributed by atoms with Crippen LogP contribution < -0.4 is 11.1 Å². The van der Waals surface area contributed by atoms with Gasteiger partial charge >= 0.3 is 0 Å². The molecule has 1 aromatic carbocycles. The number of anilines is 1. The van der Waals surface area contributed by atoms with E-state index in [4.69, 9.17) is 10.5 Å². The van der Waals surface area contributed by atoms with Gasteiger partial charge in [0, 0.05) is 29.4 Å². The molecule has 1 aromatic rings. The van der Waals surface area contributed by atoms with E-state index in [2.05, 4.69) is 5.32 Å². The molecule has 0 aliphatic carbocycles. The number of hydrogen-bond donors (Lipinski definition) is 2. The molecule has 1 aliphatic rings. The zero-order valence-corrected chi connectivity index (χ0v) is 13.5. The lowest BCUT2D eigenvalue weighted by Crippen LogP contribution is -2.46. The van der Waals surface area contributed by atoms with Crippen molar-refractivity contribution in [1.29, 1.82) is 0 Å². The fourth-order valence-electron chi connectivity index (χ4n) is 2.34. The van der Waals surface area contributed by atoms with Gasteiger partial charge in [0.15, 0.2) is 0 Å². The van der Waals surface area contributed by atoms with Gasteiger partial charge in [-0.15, -0.1) is 0 Å². The molecule has 1 fully saturated rings. The molecule has 21 heavy (non-hydrogen) atoms. The molecular formula is C13H16IN3O4. The number of ether oxygens (including phenoxy) is 1. The molecule has 7 nitrogen and oxygen atoms in total. The normalized spacial score (nSPS) is 17.2. The predicted molar refractivity (Wildman–Crippen MR) is 86.0 cm³/mol. The molecule has 0 atom stereocenters. The molecule has 0 unspecified atom stereocenters. The molecule has 1 amide bonds. The fraction of sp³-hybridized carbons (Fsp3) is 0.462. The van der Waals surface area contributed by atoms with Crippen LogP contribution >= 0.6 is 22.6 Å². The van der Waals surface area contributed by atoms with Crippen LogP contribution in [-0.4, -0.2) is 30.6 Å². The number of benzene rings is 1. The Morgan fingerprint density at radius 2 is 2.14 bits per heavy atom. The second-order valence-electron chi connectivity index (χ2n) is 5.03. The zero-order chi connectivity index (χ0) is 15.5. The summed E-state index contributed by atoms with van der Waals surface area (Å²) in [6.07, 6.45) is 1.04. The number of halogens is 1. The number of carbonyl (C=O) groups is 1. The lowest BCUT2D eigenvalue weighted by molar-refractivity contribution is -0.384. The van der Waals surface area contributed by atoms with Crippen LogP contribution in [0.1, 0.15) is 12.8 Å². The molecule has 0 radical (unpaired) electrons. The number of nitro groups is 1. The predicted octanol–water partition coefficient (Wildman–Crippen LogP) is 1.89. The van der Waals surface area contributed by atoms with Crippen molar-refractivity contribution in [3.8, 4) is 0 Å². The van der Waals surface area contributed by atoms with Gasteiger partial charge < -0.3 is 15.8 Å². The van der Waals surface area contributed by atoms with Crippen LogP contribution in [-0.2, 0) is 9.53 Å². The van der Waals surface area contributed by atoms with Crippen LogP contribution in [0.5, 0.6) is 0 Å². The van der Waals surface area contributed by atoms with E-state index in [1.54, 1.807) is 12.1 Å². The van der Waals surface area contributed by atoms with Crippen LogP contribution in [0.2, 0.25) is 0 Å². The second kappa shape index (κ2) is 6.56. The van der Waals surface area contributed by atoms with Crippen molar-refractivity contribution in [1.82, 2.24) is 0 Å². The maximum absolute atomic E-state index is 11.8. The van der Waals surface area contributed by atoms with Gasteiger partial charge in [-0.1, -0.05) is 0 Å². The largest absolute Gasteiger partial charge is 0.381 e. The van der Waals surface area contributed by atoms with Gasteiger partial charge in [-0.05, 0) is 47.6 Å². The molecule has 0 bridgehead atoms. The quantitative estimate of drug-likeness (QED) is 0.442. The third-order valence-electron chi connectivity index (χ3n) is 3.75. The van der Waals surface area contributed by atoms with Crippen LogP contribution in [0.4, 0.5) is 11.4 Å². The molecule has 0 aromatic heterocycles. The third kappa shape index (κ3) is 3.62. The molecule has 8 heteroatoms. The SMILES string of the molecule is NC(=O)C1(CNc2ccc(I)cc2[N+](=O)[O-])CCOCC1. The summed E-state index contributed by atoms with van der Waals surface area (Å²) in [5.74, 6) is -0.397. The molecule has 1 heterocycles. The topological polar surface area (TPSA) is 107 Å². The van der Waals surface area contributed by atoms with Gasteiger partial charge in [-0.25, -0.2) is 0 Å². The van der Waals surface area contributed by atoms with Gasteiger partial charge in [-0.2, -0.15) is 0 Å². The van der Waals surface area contributed by atoms with Crippen molar-refractivity contribution in [3.63, 3.8) is 0 Å². The molecule has 0 spiro atoms. The lowest BCUT2D eigenvalue weighted by atomic mass is 9.79. The van der Waals surface area contributed by atoms with Crippen LogP contribution in [0.25, 0.3) is 0 Å². The van der Waals surface area contributed by atoms with E-state index in [1.807, 2.05) is 22.6 Å². The Balaban J connectivity index is 2.18. The summed E-state index contributed by atoms with van der Waals surface area (Å²) in [7, 11) is 0. The number of hydrogen-bond acceptors (Lipinski definition) is 5. The first-order valence-corrected chi connectivity index (χ1v) is 7.58. The molecule has 1 saturated heterocycles. The fourth-order valence-corrected chi connectivity index (χ4v) is 2.82. The Labute approximate surface area is 135 Å². The summed E-state index contributed by atoms with van der Waals surface area (Å²) in [6, 6.07) is 4.91. The molecule has 3 N–H and O–H groups in total. The summed E-state index contributed by atoms with van der Waals surface area (Å²) in [5.41, 5.74) is 5.20. The van der Waals surface area contributed by atoms with E-state index < -0.39 is 16.2 Å². The average molecular weight is 405 g/mol. The van der Waals surface area contributed by atoms with Gasteiger partial charge in [0.1, 0.15) is 5.69 Å². The Hall–Kier alpha value is -1.42. The smallest absolute Gasteiger partial charge is 0.293 e. The summed E-state index contributed by atoms with van der Waals surface area (Å²) in [6.45, 7) is 1.21. The van der Waals surface area contributed by atoms with Crippen molar-refractivity contribution < 1.29 is 14.5 Å². The second-order valence-corrected chi connectivity index (χ2v) is 6.27. The Morgan fingerprint density at radius 3 is 2.71 bits per heavy atom. The van der Waals surface area contributed by atoms with Crippen molar-refractivity contribution in [2.45, 2.75) is 12.8 Å². The highest BCUT2D eigenvalue weighted by atomic mass is 127. The number of amides is 1. The van der Waals surface area contributed by atoms with Gasteiger partial charge in [0.25, 0.3) is 5.69 Å². The summed E-state index contributed by atoms with van der Waals surface area (Å²) >= 11 is 2.02. The van der Waals surface area contributed by atoms with Crippen LogP contribution in [0.3, 0.4) is 0 Å². The summed E-state index contributed by atoms with van der Waals surface area (Å²) in [5, 5.41) is 14.1. The van der Waals surface area contributed by atoms with Crippen molar-refractivity contribution in [2.24, 2.45) is 11.1 Å². The number of carbonyl (C=O) groups excluding carboxylic acids is 1. The highest BCUT2D eigenvalue weighted by molar-refractivity contribution is 14.1. The minimum Gasteiger partial charge on any atom is -0.381 e. The van der Waals surface area contributed by atoms with Gasteiger partial charge in [0.05, 0.1) is 10.3 Å². The van der Waals surface area contributed by atoms with Gasteiger partial charge in [-0.3, -0.25) is 14.9 Å². The third-order valence-corrected chi connectivity index (χ3v) is 4.42. The molecule has 0 saturated carbocycles. The van der Waals surface area contributed by atoms with E-state index in [0.717, 1.165) is 3.57 Å². The minimum atomic E-state index is -0.713. The number of rotatable bonds is 5. The molecule has 114 valence electrons. The Kier molecular flexibility index (Phi) is 4.99. The first kappa shape index (κ1) is 16.0. The van der Waals surface area contributed by atoms with Crippen molar-refractivity contribution in [2.75, 3.05) is 25.1 Å². The highest BCUT2D eigenvalue weighted by Crippen LogP contribution is 2.33. The first-order chi connectivity index (χ1) is 9.94. The van der Waals surface area contributed by atoms with Gasteiger partial charge in [0.2, 0.25) is 5.91 Å². The monoisotopic (exact) mass is 405 g/mol. The Morgan fingerprint density at radius 1 is 1.48 bits per heavy atom. The van der Waals surface area contributed by atoms with Crippen LogP contribution in [0, 0.1) is 19.1 Å². The van der Waals surface area contributed by atoms with E-state index in [0.29, 0.717) is 31.7 Å². The van der Waals surface area contributed by atoms with Crippen molar-refractivity contribution >= 4 is 39.9 Å². The molecule has 2 rings (SSSR count). The van der Waals surface area contributed by atoms with Crippen LogP contribution in [0.15, 0.2) is 18.2 Å². The summed E-state index contributed by atoms with van der Waals surface area (Å²) in [4.78, 5) is 22.4. The lowest BCUT2D eigenvalue weighted by Gasteiger charge is -2.34. The molecular weight excluding hydrogens is 389 g/mol. The number of nitrogens with zero attached hydrogens (tertiary/aromatic N) is 1. The standard InChI is InChI=1S/C13H16IN3O4/c14-9-1-2-10(11(7-9)17(19)20)16-8-13(12(15)18)3-5-21-6-4-13/h1-2,7,16H,3-6,8H2,(H2,15,18). The Bertz CT molecular complexity index is 558. The minimum absolute atomic E-state index is 0.00594. The summed E-state index contributed by atoms with van der Waals surface area (Å²) < 4.78 is 6.04. The number of nitrogens with two attached hydrogens (primary N) is 1. The van der Waals surface area contributed by atoms with E-state index in [-0.39, 0.29) is 12.2 Å². The maximum Gasteiger partial charge on any atom is 0.293 e. The van der Waals surface area contributed by atoms with E-state index in [9.17, 15) is 14.9 Å². The maximum atomic E-state index is 11.8. The average Bonchev–Trinajstić information content (AvgIpc) is 2.46. The first-order valence-electron chi connectivity index (χ1n) is 6.50. The number of nitro benzene ring substituents is 1.